The number of rotatable bonds is 2. The maximum atomic E-state index is 4.76. The van der Waals surface area contributed by atoms with Crippen LogP contribution in [0.1, 0.15) is 19.8 Å². The highest BCUT2D eigenvalue weighted by Crippen LogP contribution is 2.35. The number of hydrogen-bond acceptors (Lipinski definition) is 4. The van der Waals surface area contributed by atoms with Gasteiger partial charge in [-0.25, -0.2) is 4.98 Å². The third-order valence-electron chi connectivity index (χ3n) is 4.55. The van der Waals surface area contributed by atoms with E-state index in [1.807, 2.05) is 11.3 Å². The molecule has 3 heterocycles. The highest BCUT2D eigenvalue weighted by atomic mass is 79.9. The monoisotopic (exact) mass is 351 g/mol. The largest absolute Gasteiger partial charge is 0.345 e. The smallest absolute Gasteiger partial charge is 0.186 e. The van der Waals surface area contributed by atoms with Crippen molar-refractivity contribution in [3.63, 3.8) is 0 Å². The van der Waals surface area contributed by atoms with E-state index in [1.165, 1.54) is 29.2 Å². The molecule has 1 aromatic carbocycles. The summed E-state index contributed by atoms with van der Waals surface area (Å²) in [5.74, 6) is 0. The van der Waals surface area contributed by atoms with E-state index in [4.69, 9.17) is 4.98 Å². The van der Waals surface area contributed by atoms with Crippen molar-refractivity contribution in [3.05, 3.63) is 22.7 Å². The van der Waals surface area contributed by atoms with Crippen LogP contribution in [-0.4, -0.2) is 41.6 Å². The summed E-state index contributed by atoms with van der Waals surface area (Å²) in [6, 6.07) is 7.84. The van der Waals surface area contributed by atoms with Gasteiger partial charge in [0.15, 0.2) is 5.13 Å². The lowest BCUT2D eigenvalue weighted by Gasteiger charge is -2.45. The molecule has 1 unspecified atom stereocenters. The Kier molecular flexibility index (Phi) is 3.24. The molecule has 2 aromatic rings. The van der Waals surface area contributed by atoms with Gasteiger partial charge in [-0.15, -0.1) is 0 Å². The van der Waals surface area contributed by atoms with Gasteiger partial charge in [0.2, 0.25) is 0 Å². The second-order valence-corrected chi connectivity index (χ2v) is 7.82. The molecule has 0 saturated carbocycles. The van der Waals surface area contributed by atoms with Gasteiger partial charge >= 0.3 is 0 Å². The average molecular weight is 352 g/mol. The van der Waals surface area contributed by atoms with Gasteiger partial charge in [0.1, 0.15) is 0 Å². The molecule has 1 atom stereocenters. The minimum absolute atomic E-state index is 0.742. The van der Waals surface area contributed by atoms with E-state index in [9.17, 15) is 0 Å². The van der Waals surface area contributed by atoms with Crippen LogP contribution in [0.15, 0.2) is 22.7 Å². The van der Waals surface area contributed by atoms with Crippen LogP contribution in [0.25, 0.3) is 10.2 Å². The van der Waals surface area contributed by atoms with Crippen molar-refractivity contribution in [3.8, 4) is 0 Å². The molecule has 2 fully saturated rings. The van der Waals surface area contributed by atoms with Gasteiger partial charge in [-0.2, -0.15) is 0 Å². The minimum Gasteiger partial charge on any atom is -0.345 e. The van der Waals surface area contributed by atoms with Crippen molar-refractivity contribution in [2.75, 3.05) is 24.5 Å². The van der Waals surface area contributed by atoms with Crippen molar-refractivity contribution in [2.45, 2.75) is 31.8 Å². The number of nitrogens with zero attached hydrogens (tertiary/aromatic N) is 3. The number of fused-ring (bicyclic) bond motifs is 1. The summed E-state index contributed by atoms with van der Waals surface area (Å²) in [7, 11) is 0. The summed E-state index contributed by atoms with van der Waals surface area (Å²) in [5.41, 5.74) is 1.12. The number of benzene rings is 1. The maximum absolute atomic E-state index is 4.76. The van der Waals surface area contributed by atoms with Crippen LogP contribution in [0.3, 0.4) is 0 Å². The van der Waals surface area contributed by atoms with Gasteiger partial charge in [-0.05, 0) is 44.5 Å². The maximum Gasteiger partial charge on any atom is 0.186 e. The molecular formula is C15H18BrN3S. The van der Waals surface area contributed by atoms with Crippen LogP contribution in [0, 0.1) is 0 Å². The van der Waals surface area contributed by atoms with E-state index in [-0.39, 0.29) is 0 Å². The summed E-state index contributed by atoms with van der Waals surface area (Å²) in [6.07, 6.45) is 2.73. The molecule has 0 bridgehead atoms. The fourth-order valence-electron chi connectivity index (χ4n) is 3.34. The molecule has 0 aliphatic carbocycles. The Balaban J connectivity index is 1.49. The fraction of sp³-hybridized carbons (Fsp3) is 0.533. The number of likely N-dealkylation sites (tertiary alicyclic amines) is 1. The number of hydrogen-bond donors (Lipinski definition) is 0. The van der Waals surface area contributed by atoms with Gasteiger partial charge in [0, 0.05) is 29.6 Å². The first-order valence-electron chi connectivity index (χ1n) is 7.27. The first-order valence-corrected chi connectivity index (χ1v) is 8.88. The predicted molar refractivity (Wildman–Crippen MR) is 88.7 cm³/mol. The van der Waals surface area contributed by atoms with E-state index < -0.39 is 0 Å². The van der Waals surface area contributed by atoms with Crippen LogP contribution in [0.2, 0.25) is 0 Å². The lowest BCUT2D eigenvalue weighted by Crippen LogP contribution is -2.60. The second-order valence-electron chi connectivity index (χ2n) is 5.90. The minimum atomic E-state index is 0.742. The Hall–Kier alpha value is -0.650. The van der Waals surface area contributed by atoms with Crippen LogP contribution in [-0.2, 0) is 0 Å². The molecule has 3 nitrogen and oxygen atoms in total. The van der Waals surface area contributed by atoms with Crippen molar-refractivity contribution in [1.29, 1.82) is 0 Å². The Labute approximate surface area is 131 Å². The zero-order valence-corrected chi connectivity index (χ0v) is 14.0. The van der Waals surface area contributed by atoms with Crippen LogP contribution in [0.4, 0.5) is 5.13 Å². The molecule has 20 heavy (non-hydrogen) atoms. The molecule has 0 amide bonds. The normalized spacial score (nSPS) is 24.5. The summed E-state index contributed by atoms with van der Waals surface area (Å²) < 4.78 is 2.40. The highest BCUT2D eigenvalue weighted by molar-refractivity contribution is 9.10. The number of thiazole rings is 1. The zero-order valence-electron chi connectivity index (χ0n) is 11.6. The molecule has 5 heteroatoms. The van der Waals surface area contributed by atoms with Gasteiger partial charge in [0.25, 0.3) is 0 Å². The summed E-state index contributed by atoms with van der Waals surface area (Å²) >= 11 is 5.34. The lowest BCUT2D eigenvalue weighted by molar-refractivity contribution is 0.160. The van der Waals surface area contributed by atoms with E-state index in [2.05, 4.69) is 50.9 Å². The molecule has 2 saturated heterocycles. The van der Waals surface area contributed by atoms with Gasteiger partial charge in [-0.1, -0.05) is 27.3 Å². The predicted octanol–water partition coefficient (Wildman–Crippen LogP) is 3.73. The Morgan fingerprint density at radius 3 is 2.95 bits per heavy atom. The third kappa shape index (κ3) is 2.16. The molecule has 2 aliphatic heterocycles. The fourth-order valence-corrected chi connectivity index (χ4v) is 4.88. The molecule has 0 spiro atoms. The zero-order chi connectivity index (χ0) is 13.7. The van der Waals surface area contributed by atoms with Crippen molar-refractivity contribution in [2.24, 2.45) is 0 Å². The first-order chi connectivity index (χ1) is 9.70. The standard InChI is InChI=1S/C15H18BrN3S/c1-10-3-2-6-19(10)12-8-18(9-12)15-17-13-5-4-11(16)7-14(13)20-15/h4-5,7,10,12H,2-3,6,8-9H2,1H3. The van der Waals surface area contributed by atoms with Gasteiger partial charge < -0.3 is 4.90 Å². The van der Waals surface area contributed by atoms with E-state index in [1.54, 1.807) is 0 Å². The SMILES string of the molecule is CC1CCCN1C1CN(c2nc3ccc(Br)cc3s2)C1. The van der Waals surface area contributed by atoms with Gasteiger partial charge in [-0.3, -0.25) is 4.90 Å². The van der Waals surface area contributed by atoms with Gasteiger partial charge in [0.05, 0.1) is 10.2 Å². The van der Waals surface area contributed by atoms with E-state index in [0.29, 0.717) is 0 Å². The van der Waals surface area contributed by atoms with Crippen molar-refractivity contribution in [1.82, 2.24) is 9.88 Å². The first kappa shape index (κ1) is 13.0. The quantitative estimate of drug-likeness (QED) is 0.821. The number of halogens is 1. The Bertz CT molecular complexity index is 635. The summed E-state index contributed by atoms with van der Waals surface area (Å²) in [6.45, 7) is 5.94. The molecule has 0 N–H and O–H groups in total. The van der Waals surface area contributed by atoms with Crippen LogP contribution < -0.4 is 4.90 Å². The average Bonchev–Trinajstić information content (AvgIpc) is 2.94. The summed E-state index contributed by atoms with van der Waals surface area (Å²) in [5, 5.41) is 1.18. The topological polar surface area (TPSA) is 19.4 Å². The second kappa shape index (κ2) is 4.97. The molecule has 0 radical (unpaired) electrons. The lowest BCUT2D eigenvalue weighted by atomic mass is 10.1. The molecule has 4 rings (SSSR count). The number of anilines is 1. The summed E-state index contributed by atoms with van der Waals surface area (Å²) in [4.78, 5) is 9.87. The number of aromatic nitrogens is 1. The van der Waals surface area contributed by atoms with Crippen LogP contribution in [0.5, 0.6) is 0 Å². The molecule has 106 valence electrons. The Morgan fingerprint density at radius 1 is 1.35 bits per heavy atom. The Morgan fingerprint density at radius 2 is 2.20 bits per heavy atom. The molecule has 1 aromatic heterocycles. The van der Waals surface area contributed by atoms with Crippen LogP contribution >= 0.6 is 27.3 Å². The highest BCUT2D eigenvalue weighted by Gasteiger charge is 2.37. The van der Waals surface area contributed by atoms with E-state index in [0.717, 1.165) is 35.2 Å². The van der Waals surface area contributed by atoms with Crippen molar-refractivity contribution >= 4 is 42.6 Å². The third-order valence-corrected chi connectivity index (χ3v) is 6.12. The van der Waals surface area contributed by atoms with E-state index >= 15 is 0 Å². The molecular weight excluding hydrogens is 334 g/mol. The van der Waals surface area contributed by atoms with Crippen molar-refractivity contribution < 1.29 is 0 Å². The molecule has 2 aliphatic rings.